The van der Waals surface area contributed by atoms with Crippen molar-refractivity contribution < 1.29 is 0 Å². The highest BCUT2D eigenvalue weighted by molar-refractivity contribution is 5.24. The maximum absolute atomic E-state index is 8.62. The monoisotopic (exact) mass is 212 g/mol. The molecule has 16 heavy (non-hydrogen) atoms. The van der Waals surface area contributed by atoms with Gasteiger partial charge in [0.05, 0.1) is 18.2 Å². The van der Waals surface area contributed by atoms with Gasteiger partial charge in [-0.25, -0.2) is 0 Å². The summed E-state index contributed by atoms with van der Waals surface area (Å²) in [6.07, 6.45) is 0. The highest BCUT2D eigenvalue weighted by atomic mass is 15.1. The summed E-state index contributed by atoms with van der Waals surface area (Å²) in [6, 6.07) is 5.75. The number of rotatable bonds is 6. The lowest BCUT2D eigenvalue weighted by Crippen LogP contribution is -2.29. The van der Waals surface area contributed by atoms with Gasteiger partial charge in [0, 0.05) is 36.4 Å². The van der Waals surface area contributed by atoms with E-state index in [2.05, 4.69) is 19.7 Å². The standard InChI is InChI=1S/C12H12N4/c1-10(4-13)7-16(8-11(2)5-14)9-12(3)6-15/h1-3,7-9H2. The van der Waals surface area contributed by atoms with Gasteiger partial charge < -0.3 is 0 Å². The van der Waals surface area contributed by atoms with Crippen molar-refractivity contribution in [2.45, 2.75) is 0 Å². The molecule has 0 radical (unpaired) electrons. The molecule has 0 aliphatic rings. The number of nitriles is 3. The van der Waals surface area contributed by atoms with Gasteiger partial charge in [0.1, 0.15) is 0 Å². The third-order valence-electron chi connectivity index (χ3n) is 1.72. The maximum atomic E-state index is 8.62. The van der Waals surface area contributed by atoms with Crippen molar-refractivity contribution >= 4 is 0 Å². The number of hydrogen-bond donors (Lipinski definition) is 0. The van der Waals surface area contributed by atoms with Crippen LogP contribution in [-0.4, -0.2) is 24.5 Å². The second-order valence-electron chi connectivity index (χ2n) is 3.29. The molecule has 0 fully saturated rings. The zero-order valence-corrected chi connectivity index (χ0v) is 9.03. The molecule has 0 aromatic carbocycles. The highest BCUT2D eigenvalue weighted by Gasteiger charge is 2.09. The van der Waals surface area contributed by atoms with Crippen LogP contribution in [0.1, 0.15) is 0 Å². The van der Waals surface area contributed by atoms with Gasteiger partial charge >= 0.3 is 0 Å². The van der Waals surface area contributed by atoms with Crippen LogP contribution >= 0.6 is 0 Å². The largest absolute Gasteiger partial charge is 0.288 e. The Morgan fingerprint density at radius 1 is 0.750 bits per heavy atom. The van der Waals surface area contributed by atoms with Crippen LogP contribution in [0.15, 0.2) is 36.5 Å². The van der Waals surface area contributed by atoms with E-state index < -0.39 is 0 Å². The van der Waals surface area contributed by atoms with Crippen molar-refractivity contribution in [2.24, 2.45) is 0 Å². The summed E-state index contributed by atoms with van der Waals surface area (Å²) >= 11 is 0. The molecule has 0 amide bonds. The molecule has 0 aliphatic carbocycles. The van der Waals surface area contributed by atoms with E-state index in [4.69, 9.17) is 15.8 Å². The molecule has 0 aromatic heterocycles. The third kappa shape index (κ3) is 5.40. The van der Waals surface area contributed by atoms with Crippen LogP contribution in [0.3, 0.4) is 0 Å². The molecule has 0 unspecified atom stereocenters. The van der Waals surface area contributed by atoms with Crippen molar-refractivity contribution in [3.8, 4) is 18.2 Å². The van der Waals surface area contributed by atoms with Crippen LogP contribution in [0, 0.1) is 34.0 Å². The molecular formula is C12H12N4. The zero-order valence-electron chi connectivity index (χ0n) is 9.03. The second-order valence-corrected chi connectivity index (χ2v) is 3.29. The average Bonchev–Trinajstić information content (AvgIpc) is 2.28. The fourth-order valence-corrected chi connectivity index (χ4v) is 1.08. The summed E-state index contributed by atoms with van der Waals surface area (Å²) in [4.78, 5) is 1.72. The molecule has 0 saturated heterocycles. The predicted octanol–water partition coefficient (Wildman–Crippen LogP) is 1.53. The summed E-state index contributed by atoms with van der Waals surface area (Å²) < 4.78 is 0. The third-order valence-corrected chi connectivity index (χ3v) is 1.72. The van der Waals surface area contributed by atoms with Gasteiger partial charge in [-0.1, -0.05) is 19.7 Å². The molecule has 0 rings (SSSR count). The minimum absolute atomic E-state index is 0.303. The van der Waals surface area contributed by atoms with Crippen molar-refractivity contribution in [3.05, 3.63) is 36.5 Å². The van der Waals surface area contributed by atoms with Crippen LogP contribution in [0.2, 0.25) is 0 Å². The van der Waals surface area contributed by atoms with E-state index in [-0.39, 0.29) is 0 Å². The van der Waals surface area contributed by atoms with Crippen LogP contribution in [-0.2, 0) is 0 Å². The van der Waals surface area contributed by atoms with Gasteiger partial charge in [-0.3, -0.25) is 4.90 Å². The van der Waals surface area contributed by atoms with E-state index in [9.17, 15) is 0 Å². The Bertz CT molecular complexity index is 359. The fraction of sp³-hybridized carbons (Fsp3) is 0.250. The first kappa shape index (κ1) is 13.7. The van der Waals surface area contributed by atoms with E-state index in [1.54, 1.807) is 4.90 Å². The van der Waals surface area contributed by atoms with Gasteiger partial charge in [-0.15, -0.1) is 0 Å². The number of hydrogen-bond acceptors (Lipinski definition) is 4. The van der Waals surface area contributed by atoms with Crippen LogP contribution < -0.4 is 0 Å². The van der Waals surface area contributed by atoms with Crippen molar-refractivity contribution in [3.63, 3.8) is 0 Å². The highest BCUT2D eigenvalue weighted by Crippen LogP contribution is 2.03. The Morgan fingerprint density at radius 2 is 1.00 bits per heavy atom. The molecule has 0 aliphatic heterocycles. The Morgan fingerprint density at radius 3 is 1.19 bits per heavy atom. The van der Waals surface area contributed by atoms with E-state index in [0.29, 0.717) is 36.4 Å². The van der Waals surface area contributed by atoms with Crippen LogP contribution in [0.5, 0.6) is 0 Å². The summed E-state index contributed by atoms with van der Waals surface area (Å²) in [6.45, 7) is 11.6. The van der Waals surface area contributed by atoms with Gasteiger partial charge in [-0.2, -0.15) is 15.8 Å². The van der Waals surface area contributed by atoms with E-state index in [1.165, 1.54) is 0 Å². The first-order chi connectivity index (χ1) is 7.53. The van der Waals surface area contributed by atoms with Gasteiger partial charge in [-0.05, 0) is 0 Å². The summed E-state index contributed by atoms with van der Waals surface area (Å²) in [7, 11) is 0. The molecular weight excluding hydrogens is 200 g/mol. The Balaban J connectivity index is 4.54. The zero-order chi connectivity index (χ0) is 12.6. The average molecular weight is 212 g/mol. The Hall–Kier alpha value is -2.35. The number of nitrogens with zero attached hydrogens (tertiary/aromatic N) is 4. The first-order valence-electron chi connectivity index (χ1n) is 4.49. The van der Waals surface area contributed by atoms with Crippen molar-refractivity contribution in [1.29, 1.82) is 15.8 Å². The lowest BCUT2D eigenvalue weighted by molar-refractivity contribution is 0.358. The minimum atomic E-state index is 0.303. The van der Waals surface area contributed by atoms with Gasteiger partial charge in [0.25, 0.3) is 0 Å². The molecule has 0 saturated carbocycles. The van der Waals surface area contributed by atoms with Crippen molar-refractivity contribution in [1.82, 2.24) is 4.90 Å². The molecule has 80 valence electrons. The quantitative estimate of drug-likeness (QED) is 0.626. The van der Waals surface area contributed by atoms with E-state index in [1.807, 2.05) is 18.2 Å². The fourth-order valence-electron chi connectivity index (χ4n) is 1.08. The second kappa shape index (κ2) is 7.01. The smallest absolute Gasteiger partial charge is 0.0954 e. The maximum Gasteiger partial charge on any atom is 0.0954 e. The normalized spacial score (nSPS) is 8.62. The Kier molecular flexibility index (Phi) is 5.98. The van der Waals surface area contributed by atoms with Crippen LogP contribution in [0.25, 0.3) is 0 Å². The molecule has 4 heteroatoms. The topological polar surface area (TPSA) is 74.6 Å². The molecule has 0 N–H and O–H groups in total. The molecule has 0 spiro atoms. The summed E-state index contributed by atoms with van der Waals surface area (Å²) in [5.74, 6) is 0. The van der Waals surface area contributed by atoms with Crippen molar-refractivity contribution in [2.75, 3.05) is 19.6 Å². The predicted molar refractivity (Wildman–Crippen MR) is 60.7 cm³/mol. The van der Waals surface area contributed by atoms with Gasteiger partial charge in [0.15, 0.2) is 0 Å². The lowest BCUT2D eigenvalue weighted by atomic mass is 10.2. The molecule has 0 bridgehead atoms. The molecule has 0 heterocycles. The first-order valence-corrected chi connectivity index (χ1v) is 4.49. The van der Waals surface area contributed by atoms with Crippen LogP contribution in [0.4, 0.5) is 0 Å². The SMILES string of the molecule is C=C(C#N)CN(CC(=C)C#N)CC(=C)C#N. The summed E-state index contributed by atoms with van der Waals surface area (Å²) in [5.41, 5.74) is 1.12. The molecule has 4 nitrogen and oxygen atoms in total. The summed E-state index contributed by atoms with van der Waals surface area (Å²) in [5, 5.41) is 25.8. The van der Waals surface area contributed by atoms with E-state index in [0.717, 1.165) is 0 Å². The van der Waals surface area contributed by atoms with E-state index >= 15 is 0 Å². The minimum Gasteiger partial charge on any atom is -0.288 e. The lowest BCUT2D eigenvalue weighted by Gasteiger charge is -2.19. The molecule has 0 aromatic rings. The van der Waals surface area contributed by atoms with Gasteiger partial charge in [0.2, 0.25) is 0 Å². The molecule has 0 atom stereocenters. The Labute approximate surface area is 95.6 Å².